The number of hydrogen-bond donors (Lipinski definition) is 0. The van der Waals surface area contributed by atoms with E-state index in [0.29, 0.717) is 17.5 Å². The molecule has 0 unspecified atom stereocenters. The molecule has 0 radical (unpaired) electrons. The van der Waals surface area contributed by atoms with Crippen LogP contribution >= 0.6 is 0 Å². The van der Waals surface area contributed by atoms with Crippen LogP contribution in [0.25, 0.3) is 77.9 Å². The average molecular weight is 704 g/mol. The predicted molar refractivity (Wildman–Crippen MR) is 227 cm³/mol. The van der Waals surface area contributed by atoms with Gasteiger partial charge in [0.1, 0.15) is 0 Å². The van der Waals surface area contributed by atoms with Gasteiger partial charge >= 0.3 is 0 Å². The van der Waals surface area contributed by atoms with Crippen molar-refractivity contribution in [2.45, 2.75) is 0 Å². The smallest absolute Gasteiger partial charge is 0.164 e. The van der Waals surface area contributed by atoms with E-state index in [1.54, 1.807) is 0 Å². The first-order valence-corrected chi connectivity index (χ1v) is 18.4. The summed E-state index contributed by atoms with van der Waals surface area (Å²) in [5.41, 5.74) is 8.84. The van der Waals surface area contributed by atoms with Crippen LogP contribution in [-0.2, 0) is 0 Å². The molecule has 0 spiro atoms. The van der Waals surface area contributed by atoms with E-state index in [4.69, 9.17) is 19.9 Å². The van der Waals surface area contributed by atoms with Gasteiger partial charge in [-0.05, 0) is 53.2 Å². The van der Waals surface area contributed by atoms with Crippen molar-refractivity contribution in [1.82, 2.24) is 19.9 Å². The topological polar surface area (TPSA) is 54.8 Å². The van der Waals surface area contributed by atoms with Gasteiger partial charge in [-0.3, -0.25) is 0 Å². The third kappa shape index (κ3) is 6.04. The van der Waals surface area contributed by atoms with Crippen molar-refractivity contribution in [2.75, 3.05) is 4.90 Å². The van der Waals surface area contributed by atoms with Gasteiger partial charge in [0.2, 0.25) is 0 Å². The van der Waals surface area contributed by atoms with Crippen molar-refractivity contribution in [2.24, 2.45) is 0 Å². The molecule has 2 aromatic heterocycles. The highest BCUT2D eigenvalue weighted by molar-refractivity contribution is 6.22. The van der Waals surface area contributed by atoms with E-state index in [1.807, 2.05) is 72.8 Å². The Morgan fingerprint density at radius 1 is 0.309 bits per heavy atom. The van der Waals surface area contributed by atoms with Gasteiger partial charge in [0.05, 0.1) is 11.2 Å². The minimum Gasteiger partial charge on any atom is -0.311 e. The number of hydrogen-bond acceptors (Lipinski definition) is 5. The van der Waals surface area contributed by atoms with E-state index >= 15 is 0 Å². The molecule has 55 heavy (non-hydrogen) atoms. The van der Waals surface area contributed by atoms with Gasteiger partial charge in [0, 0.05) is 55.5 Å². The van der Waals surface area contributed by atoms with Crippen LogP contribution < -0.4 is 4.90 Å². The summed E-state index contributed by atoms with van der Waals surface area (Å²) in [7, 11) is 0. The molecule has 258 valence electrons. The monoisotopic (exact) mass is 703 g/mol. The van der Waals surface area contributed by atoms with Gasteiger partial charge in [0.25, 0.3) is 0 Å². The highest BCUT2D eigenvalue weighted by Gasteiger charge is 2.18. The van der Waals surface area contributed by atoms with Crippen LogP contribution in [-0.4, -0.2) is 19.9 Å². The summed E-state index contributed by atoms with van der Waals surface area (Å²) in [6.45, 7) is 0. The van der Waals surface area contributed by atoms with Crippen molar-refractivity contribution in [3.8, 4) is 45.4 Å². The molecule has 8 aromatic carbocycles. The number of rotatable bonds is 7. The van der Waals surface area contributed by atoms with Gasteiger partial charge in [-0.2, -0.15) is 0 Å². The largest absolute Gasteiger partial charge is 0.311 e. The molecule has 0 amide bonds. The molecule has 5 heteroatoms. The molecule has 0 bridgehead atoms. The van der Waals surface area contributed by atoms with Gasteiger partial charge in [-0.15, -0.1) is 0 Å². The zero-order valence-electron chi connectivity index (χ0n) is 29.8. The van der Waals surface area contributed by atoms with Crippen molar-refractivity contribution < 1.29 is 0 Å². The standard InChI is InChI=1S/C50H33N5/c1-5-16-36(17-6-1)48-52-49(37-18-7-2-8-19-37)54-50(53-48)38-28-31-43-45(33-38)51-47(44-32-27-34-15-13-14-24-42(34)46(43)44)35-25-29-41(30-26-35)55(39-20-9-3-10-21-39)40-22-11-4-12-23-40/h1-33H. The predicted octanol–water partition coefficient (Wildman–Crippen LogP) is 12.9. The summed E-state index contributed by atoms with van der Waals surface area (Å²) < 4.78 is 0. The zero-order valence-corrected chi connectivity index (χ0v) is 29.8. The quantitative estimate of drug-likeness (QED) is 0.155. The van der Waals surface area contributed by atoms with Gasteiger partial charge in [0.15, 0.2) is 17.5 Å². The molecule has 0 aliphatic carbocycles. The Morgan fingerprint density at radius 2 is 0.782 bits per heavy atom. The van der Waals surface area contributed by atoms with Crippen LogP contribution in [0, 0.1) is 0 Å². The molecule has 5 nitrogen and oxygen atoms in total. The Hall–Kier alpha value is -7.50. The first-order chi connectivity index (χ1) is 27.3. The number of anilines is 3. The Bertz CT molecular complexity index is 2850. The lowest BCUT2D eigenvalue weighted by atomic mass is 9.94. The molecular weight excluding hydrogens is 671 g/mol. The molecule has 10 rings (SSSR count). The highest BCUT2D eigenvalue weighted by atomic mass is 15.1. The maximum atomic E-state index is 5.43. The van der Waals surface area contributed by atoms with Crippen molar-refractivity contribution in [3.63, 3.8) is 0 Å². The third-order valence-electron chi connectivity index (χ3n) is 10.1. The van der Waals surface area contributed by atoms with Crippen LogP contribution in [0.4, 0.5) is 17.1 Å². The number of fused-ring (bicyclic) bond motifs is 5. The third-order valence-corrected chi connectivity index (χ3v) is 10.1. The molecule has 0 aliphatic rings. The summed E-state index contributed by atoms with van der Waals surface area (Å²) in [4.78, 5) is 22.7. The molecule has 0 saturated heterocycles. The number of pyridine rings is 1. The lowest BCUT2D eigenvalue weighted by molar-refractivity contribution is 1.07. The zero-order chi connectivity index (χ0) is 36.6. The number of nitrogens with zero attached hydrogens (tertiary/aromatic N) is 5. The lowest BCUT2D eigenvalue weighted by Crippen LogP contribution is -2.09. The molecular formula is C50H33N5. The minimum absolute atomic E-state index is 0.599. The van der Waals surface area contributed by atoms with E-state index < -0.39 is 0 Å². The fraction of sp³-hybridized carbons (Fsp3) is 0. The Morgan fingerprint density at radius 3 is 1.38 bits per heavy atom. The van der Waals surface area contributed by atoms with Gasteiger partial charge in [-0.1, -0.05) is 158 Å². The maximum Gasteiger partial charge on any atom is 0.164 e. The van der Waals surface area contributed by atoms with Crippen LogP contribution in [0.15, 0.2) is 200 Å². The van der Waals surface area contributed by atoms with E-state index in [1.165, 1.54) is 16.2 Å². The molecule has 0 N–H and O–H groups in total. The number of benzene rings is 8. The summed E-state index contributed by atoms with van der Waals surface area (Å²) >= 11 is 0. The van der Waals surface area contributed by atoms with Crippen molar-refractivity contribution in [3.05, 3.63) is 200 Å². The molecule has 2 heterocycles. The number of aromatic nitrogens is 4. The second-order valence-corrected chi connectivity index (χ2v) is 13.5. The Labute approximate surface area is 318 Å². The summed E-state index contributed by atoms with van der Waals surface area (Å²) in [6, 6.07) is 69.2. The molecule has 0 aliphatic heterocycles. The minimum atomic E-state index is 0.599. The van der Waals surface area contributed by atoms with Crippen LogP contribution in [0.3, 0.4) is 0 Å². The van der Waals surface area contributed by atoms with Crippen molar-refractivity contribution >= 4 is 49.5 Å². The SMILES string of the molecule is c1ccc(-c2nc(-c3ccccc3)nc(-c3ccc4c(c3)nc(-c3ccc(N(c5ccccc5)c5ccccc5)cc3)c3ccc5ccccc5c34)n2)cc1. The van der Waals surface area contributed by atoms with Crippen LogP contribution in [0.5, 0.6) is 0 Å². The van der Waals surface area contributed by atoms with Crippen molar-refractivity contribution in [1.29, 1.82) is 0 Å². The Balaban J connectivity index is 1.15. The van der Waals surface area contributed by atoms with E-state index in [2.05, 4.69) is 132 Å². The summed E-state index contributed by atoms with van der Waals surface area (Å²) in [6.07, 6.45) is 0. The maximum absolute atomic E-state index is 5.43. The second-order valence-electron chi connectivity index (χ2n) is 13.5. The first kappa shape index (κ1) is 32.2. The molecule has 0 saturated carbocycles. The summed E-state index contributed by atoms with van der Waals surface area (Å²) in [5, 5.41) is 5.74. The van der Waals surface area contributed by atoms with Crippen LogP contribution in [0.2, 0.25) is 0 Å². The summed E-state index contributed by atoms with van der Waals surface area (Å²) in [5.74, 6) is 1.85. The normalized spacial score (nSPS) is 11.3. The van der Waals surface area contributed by atoms with Gasteiger partial charge in [-0.25, -0.2) is 19.9 Å². The Kier molecular flexibility index (Phi) is 8.08. The molecule has 0 atom stereocenters. The first-order valence-electron chi connectivity index (χ1n) is 18.4. The fourth-order valence-corrected chi connectivity index (χ4v) is 7.44. The fourth-order valence-electron chi connectivity index (χ4n) is 7.44. The highest BCUT2D eigenvalue weighted by Crippen LogP contribution is 2.40. The van der Waals surface area contributed by atoms with E-state index in [9.17, 15) is 0 Å². The molecule has 0 fully saturated rings. The van der Waals surface area contributed by atoms with E-state index in [0.717, 1.165) is 61.3 Å². The molecule has 10 aromatic rings. The van der Waals surface area contributed by atoms with Crippen LogP contribution in [0.1, 0.15) is 0 Å². The lowest BCUT2D eigenvalue weighted by Gasteiger charge is -2.25. The number of para-hydroxylation sites is 2. The van der Waals surface area contributed by atoms with Gasteiger partial charge < -0.3 is 4.90 Å². The average Bonchev–Trinajstić information content (AvgIpc) is 3.27. The second kappa shape index (κ2) is 13.8. The van der Waals surface area contributed by atoms with E-state index in [-0.39, 0.29) is 0 Å².